The molecule has 8 nitrogen and oxygen atoms in total. The molecule has 9 heteroatoms. The van der Waals surface area contributed by atoms with Crippen LogP contribution < -0.4 is 4.74 Å². The third kappa shape index (κ3) is 3.46. The van der Waals surface area contributed by atoms with Crippen LogP contribution in [-0.2, 0) is 16.6 Å². The fraction of sp³-hybridized carbons (Fsp3) is 0.238. The van der Waals surface area contributed by atoms with E-state index in [1.165, 1.54) is 28.6 Å². The SMILES string of the molecule is CCOc1ccc(C2c3cccn3CCN2S(=O)(=O)c2ccccc2[N+](=O)[O-])cc1. The summed E-state index contributed by atoms with van der Waals surface area (Å²) in [5.41, 5.74) is 1.15. The summed E-state index contributed by atoms with van der Waals surface area (Å²) in [4.78, 5) is 10.5. The predicted octanol–water partition coefficient (Wildman–Crippen LogP) is 3.59. The molecule has 0 saturated heterocycles. The number of nitrogens with zero attached hydrogens (tertiary/aromatic N) is 3. The summed E-state index contributed by atoms with van der Waals surface area (Å²) in [6.07, 6.45) is 1.91. The van der Waals surface area contributed by atoms with E-state index in [2.05, 4.69) is 0 Å². The predicted molar refractivity (Wildman–Crippen MR) is 111 cm³/mol. The highest BCUT2D eigenvalue weighted by Crippen LogP contribution is 2.38. The number of para-hydroxylation sites is 1. The maximum atomic E-state index is 13.6. The van der Waals surface area contributed by atoms with Crippen molar-refractivity contribution in [3.05, 3.63) is 88.2 Å². The Balaban J connectivity index is 1.83. The first-order valence-corrected chi connectivity index (χ1v) is 11.0. The maximum Gasteiger partial charge on any atom is 0.289 e. The molecule has 2 aromatic carbocycles. The molecule has 0 N–H and O–H groups in total. The molecular weight excluding hydrogens is 406 g/mol. The second kappa shape index (κ2) is 7.92. The maximum absolute atomic E-state index is 13.6. The minimum Gasteiger partial charge on any atom is -0.494 e. The smallest absolute Gasteiger partial charge is 0.289 e. The van der Waals surface area contributed by atoms with Crippen LogP contribution in [0.25, 0.3) is 0 Å². The van der Waals surface area contributed by atoms with E-state index in [9.17, 15) is 18.5 Å². The third-order valence-electron chi connectivity index (χ3n) is 5.15. The molecule has 0 amide bonds. The molecular formula is C21H21N3O5S. The van der Waals surface area contributed by atoms with E-state index in [-0.39, 0.29) is 11.4 Å². The first-order valence-electron chi connectivity index (χ1n) is 9.56. The van der Waals surface area contributed by atoms with Gasteiger partial charge in [0, 0.05) is 31.0 Å². The molecule has 2 heterocycles. The van der Waals surface area contributed by atoms with Gasteiger partial charge in [0.1, 0.15) is 5.75 Å². The highest BCUT2D eigenvalue weighted by Gasteiger charge is 2.40. The van der Waals surface area contributed by atoms with Crippen LogP contribution in [0, 0.1) is 10.1 Å². The normalized spacial score (nSPS) is 16.8. The number of aromatic nitrogens is 1. The van der Waals surface area contributed by atoms with E-state index in [4.69, 9.17) is 4.74 Å². The molecule has 0 radical (unpaired) electrons. The van der Waals surface area contributed by atoms with Crippen LogP contribution in [-0.4, -0.2) is 35.4 Å². The van der Waals surface area contributed by atoms with Gasteiger partial charge in [0.2, 0.25) is 0 Å². The van der Waals surface area contributed by atoms with Gasteiger partial charge in [0.15, 0.2) is 4.90 Å². The van der Waals surface area contributed by atoms with E-state index in [0.717, 1.165) is 11.3 Å². The summed E-state index contributed by atoms with van der Waals surface area (Å²) in [5, 5.41) is 11.5. The Morgan fingerprint density at radius 1 is 1.07 bits per heavy atom. The van der Waals surface area contributed by atoms with Crippen LogP contribution in [0.2, 0.25) is 0 Å². The van der Waals surface area contributed by atoms with Gasteiger partial charge in [0.05, 0.1) is 17.6 Å². The van der Waals surface area contributed by atoms with Crippen molar-refractivity contribution in [3.8, 4) is 5.75 Å². The average molecular weight is 427 g/mol. The van der Waals surface area contributed by atoms with Crippen LogP contribution in [0.15, 0.2) is 71.8 Å². The number of hydrogen-bond acceptors (Lipinski definition) is 5. The Hall–Kier alpha value is -3.17. The highest BCUT2D eigenvalue weighted by molar-refractivity contribution is 7.89. The molecule has 1 unspecified atom stereocenters. The summed E-state index contributed by atoms with van der Waals surface area (Å²) in [7, 11) is -4.13. The minimum absolute atomic E-state index is 0.202. The first kappa shape index (κ1) is 20.1. The molecule has 1 aliphatic rings. The zero-order valence-electron chi connectivity index (χ0n) is 16.3. The van der Waals surface area contributed by atoms with Crippen molar-refractivity contribution in [2.75, 3.05) is 13.2 Å². The monoisotopic (exact) mass is 427 g/mol. The van der Waals surface area contributed by atoms with E-state index in [1.807, 2.05) is 42.0 Å². The Bertz CT molecular complexity index is 1170. The second-order valence-electron chi connectivity index (χ2n) is 6.87. The van der Waals surface area contributed by atoms with Crippen LogP contribution in [0.5, 0.6) is 5.75 Å². The van der Waals surface area contributed by atoms with Gasteiger partial charge in [-0.15, -0.1) is 0 Å². The Kier molecular flexibility index (Phi) is 5.31. The zero-order valence-corrected chi connectivity index (χ0v) is 17.2. The van der Waals surface area contributed by atoms with Gasteiger partial charge >= 0.3 is 0 Å². The summed E-state index contributed by atoms with van der Waals surface area (Å²) < 4.78 is 36.0. The molecule has 0 fully saturated rings. The molecule has 0 saturated carbocycles. The van der Waals surface area contributed by atoms with Crippen molar-refractivity contribution >= 4 is 15.7 Å². The average Bonchev–Trinajstić information content (AvgIpc) is 3.23. The molecule has 3 aromatic rings. The lowest BCUT2D eigenvalue weighted by molar-refractivity contribution is -0.387. The van der Waals surface area contributed by atoms with Crippen molar-refractivity contribution < 1.29 is 18.1 Å². The Morgan fingerprint density at radius 3 is 2.50 bits per heavy atom. The number of hydrogen-bond donors (Lipinski definition) is 0. The fourth-order valence-electron chi connectivity index (χ4n) is 3.82. The number of rotatable bonds is 6. The molecule has 1 atom stereocenters. The Labute approximate surface area is 174 Å². The molecule has 156 valence electrons. The van der Waals surface area contributed by atoms with Gasteiger partial charge in [-0.1, -0.05) is 24.3 Å². The van der Waals surface area contributed by atoms with Gasteiger partial charge in [0.25, 0.3) is 15.7 Å². The number of ether oxygens (including phenoxy) is 1. The number of fused-ring (bicyclic) bond motifs is 1. The number of sulfonamides is 1. The Morgan fingerprint density at radius 2 is 1.80 bits per heavy atom. The summed E-state index contributed by atoms with van der Waals surface area (Å²) >= 11 is 0. The van der Waals surface area contributed by atoms with Crippen LogP contribution >= 0.6 is 0 Å². The van der Waals surface area contributed by atoms with E-state index >= 15 is 0 Å². The third-order valence-corrected chi connectivity index (χ3v) is 7.06. The van der Waals surface area contributed by atoms with Crippen molar-refractivity contribution in [2.45, 2.75) is 24.4 Å². The summed E-state index contributed by atoms with van der Waals surface area (Å²) in [5.74, 6) is 0.695. The van der Waals surface area contributed by atoms with Gasteiger partial charge in [-0.3, -0.25) is 10.1 Å². The largest absolute Gasteiger partial charge is 0.494 e. The van der Waals surface area contributed by atoms with Crippen LogP contribution in [0.3, 0.4) is 0 Å². The van der Waals surface area contributed by atoms with Gasteiger partial charge in [-0.25, -0.2) is 8.42 Å². The molecule has 0 bridgehead atoms. The number of benzene rings is 2. The molecule has 1 aromatic heterocycles. The standard InChI is InChI=1S/C21H21N3O5S/c1-2-29-17-11-9-16(10-12-17)21-19-7-5-13-22(19)14-15-23(21)30(27,28)20-8-4-3-6-18(20)24(25)26/h3-13,21H,2,14-15H2,1H3. The lowest BCUT2D eigenvalue weighted by atomic mass is 10.0. The minimum atomic E-state index is -4.13. The second-order valence-corrected chi connectivity index (χ2v) is 8.73. The van der Waals surface area contributed by atoms with Gasteiger partial charge < -0.3 is 9.30 Å². The topological polar surface area (TPSA) is 94.7 Å². The van der Waals surface area contributed by atoms with Crippen molar-refractivity contribution in [3.63, 3.8) is 0 Å². The van der Waals surface area contributed by atoms with Crippen LogP contribution in [0.1, 0.15) is 24.2 Å². The van der Waals surface area contributed by atoms with E-state index in [0.29, 0.717) is 18.9 Å². The van der Waals surface area contributed by atoms with Gasteiger partial charge in [-0.05, 0) is 42.8 Å². The fourth-order valence-corrected chi connectivity index (χ4v) is 5.56. The number of nitro benzene ring substituents is 1. The van der Waals surface area contributed by atoms with E-state index < -0.39 is 26.7 Å². The summed E-state index contributed by atoms with van der Waals surface area (Å²) in [6.45, 7) is 3.09. The molecule has 0 spiro atoms. The highest BCUT2D eigenvalue weighted by atomic mass is 32.2. The molecule has 0 aliphatic carbocycles. The van der Waals surface area contributed by atoms with Crippen molar-refractivity contribution in [1.82, 2.24) is 8.87 Å². The molecule has 1 aliphatic heterocycles. The first-order chi connectivity index (χ1) is 14.4. The lowest BCUT2D eigenvalue weighted by Gasteiger charge is -2.36. The quantitative estimate of drug-likeness (QED) is 0.443. The number of nitro groups is 1. The molecule has 30 heavy (non-hydrogen) atoms. The van der Waals surface area contributed by atoms with Crippen molar-refractivity contribution in [1.29, 1.82) is 0 Å². The zero-order chi connectivity index (χ0) is 21.3. The lowest BCUT2D eigenvalue weighted by Crippen LogP contribution is -2.42. The summed E-state index contributed by atoms with van der Waals surface area (Å²) in [6, 6.07) is 15.9. The van der Waals surface area contributed by atoms with Gasteiger partial charge in [-0.2, -0.15) is 4.31 Å². The van der Waals surface area contributed by atoms with Crippen LogP contribution in [0.4, 0.5) is 5.69 Å². The van der Waals surface area contributed by atoms with E-state index in [1.54, 1.807) is 12.1 Å². The van der Waals surface area contributed by atoms with Crippen molar-refractivity contribution in [2.24, 2.45) is 0 Å². The molecule has 4 rings (SSSR count).